The Labute approximate surface area is 106 Å². The molecule has 0 saturated heterocycles. The van der Waals surface area contributed by atoms with Gasteiger partial charge in [0, 0.05) is 6.04 Å². The Morgan fingerprint density at radius 1 is 1.33 bits per heavy atom. The largest absolute Gasteiger partial charge is 0.364 e. The lowest BCUT2D eigenvalue weighted by Crippen LogP contribution is -2.27. The molecule has 2 atom stereocenters. The van der Waals surface area contributed by atoms with Crippen LogP contribution in [0, 0.1) is 11.7 Å². The highest BCUT2D eigenvalue weighted by molar-refractivity contribution is 5.41. The van der Waals surface area contributed by atoms with Gasteiger partial charge in [0.15, 0.2) is 11.6 Å². The fraction of sp³-hybridized carbons (Fsp3) is 0.667. The van der Waals surface area contributed by atoms with Gasteiger partial charge in [0.05, 0.1) is 6.20 Å². The summed E-state index contributed by atoms with van der Waals surface area (Å²) in [5, 5.41) is 3.19. The quantitative estimate of drug-likeness (QED) is 0.438. The maximum absolute atomic E-state index is 13.6. The summed E-state index contributed by atoms with van der Waals surface area (Å²) < 4.78 is 13.6. The first-order valence-corrected chi connectivity index (χ1v) is 6.46. The number of hydrogen-bond acceptors (Lipinski definition) is 5. The molecule has 0 aliphatic heterocycles. The van der Waals surface area contributed by atoms with E-state index < -0.39 is 5.82 Å². The average molecular weight is 253 g/mol. The Kier molecular flexibility index (Phi) is 4.30. The zero-order valence-corrected chi connectivity index (χ0v) is 10.6. The van der Waals surface area contributed by atoms with Gasteiger partial charge in [0.1, 0.15) is 0 Å². The van der Waals surface area contributed by atoms with Crippen molar-refractivity contribution in [3.63, 3.8) is 0 Å². The molecule has 1 saturated carbocycles. The second-order valence-corrected chi connectivity index (χ2v) is 4.90. The minimum atomic E-state index is -0.439. The number of nitrogen functional groups attached to an aromatic ring is 1. The van der Waals surface area contributed by atoms with Crippen LogP contribution in [0.2, 0.25) is 0 Å². The van der Waals surface area contributed by atoms with Crippen molar-refractivity contribution in [2.45, 2.75) is 45.1 Å². The summed E-state index contributed by atoms with van der Waals surface area (Å²) >= 11 is 0. The predicted molar refractivity (Wildman–Crippen MR) is 69.5 cm³/mol. The molecule has 0 bridgehead atoms. The maximum Gasteiger partial charge on any atom is 0.239 e. The van der Waals surface area contributed by atoms with Gasteiger partial charge in [-0.1, -0.05) is 26.2 Å². The van der Waals surface area contributed by atoms with Crippen molar-refractivity contribution >= 4 is 11.8 Å². The van der Waals surface area contributed by atoms with Gasteiger partial charge >= 0.3 is 0 Å². The number of nitrogens with two attached hydrogens (primary N) is 1. The molecule has 1 aliphatic carbocycles. The van der Waals surface area contributed by atoms with E-state index in [0.29, 0.717) is 5.92 Å². The number of hydrazine groups is 1. The van der Waals surface area contributed by atoms with Gasteiger partial charge in [-0.2, -0.15) is 4.98 Å². The second kappa shape index (κ2) is 5.95. The minimum Gasteiger partial charge on any atom is -0.364 e. The van der Waals surface area contributed by atoms with Gasteiger partial charge in [-0.15, -0.1) is 0 Å². The number of nitrogens with one attached hydrogen (secondary N) is 2. The van der Waals surface area contributed by atoms with Crippen LogP contribution in [0.3, 0.4) is 0 Å². The molecule has 0 aromatic carbocycles. The summed E-state index contributed by atoms with van der Waals surface area (Å²) in [4.78, 5) is 7.74. The van der Waals surface area contributed by atoms with E-state index >= 15 is 0 Å². The number of halogens is 1. The fourth-order valence-corrected chi connectivity index (χ4v) is 2.42. The van der Waals surface area contributed by atoms with E-state index in [4.69, 9.17) is 5.84 Å². The lowest BCUT2D eigenvalue weighted by atomic mass is 9.97. The summed E-state index contributed by atoms with van der Waals surface area (Å²) in [6, 6.07) is 0.266. The van der Waals surface area contributed by atoms with Gasteiger partial charge in [-0.25, -0.2) is 15.2 Å². The molecular weight excluding hydrogens is 233 g/mol. The Balaban J connectivity index is 2.11. The maximum atomic E-state index is 13.6. The van der Waals surface area contributed by atoms with Crippen LogP contribution >= 0.6 is 0 Å². The van der Waals surface area contributed by atoms with E-state index in [9.17, 15) is 4.39 Å². The Morgan fingerprint density at radius 3 is 2.89 bits per heavy atom. The third kappa shape index (κ3) is 3.07. The monoisotopic (exact) mass is 253 g/mol. The zero-order valence-electron chi connectivity index (χ0n) is 10.6. The van der Waals surface area contributed by atoms with Gasteiger partial charge in [-0.05, 0) is 18.8 Å². The number of nitrogens with zero attached hydrogens (tertiary/aromatic N) is 2. The van der Waals surface area contributed by atoms with Crippen LogP contribution in [0.5, 0.6) is 0 Å². The Morgan fingerprint density at radius 2 is 2.11 bits per heavy atom. The zero-order chi connectivity index (χ0) is 13.0. The SMILES string of the molecule is CC1CCCCCC1Nc1nc(NN)ncc1F. The molecule has 0 spiro atoms. The lowest BCUT2D eigenvalue weighted by Gasteiger charge is -2.23. The smallest absolute Gasteiger partial charge is 0.239 e. The van der Waals surface area contributed by atoms with E-state index in [1.54, 1.807) is 0 Å². The van der Waals surface area contributed by atoms with Crippen LogP contribution in [0.4, 0.5) is 16.2 Å². The van der Waals surface area contributed by atoms with Crippen LogP contribution in [0.1, 0.15) is 39.0 Å². The Bertz CT molecular complexity index is 398. The van der Waals surface area contributed by atoms with Crippen LogP contribution in [-0.2, 0) is 0 Å². The second-order valence-electron chi connectivity index (χ2n) is 4.90. The molecule has 5 nitrogen and oxygen atoms in total. The number of rotatable bonds is 3. The van der Waals surface area contributed by atoms with E-state index in [-0.39, 0.29) is 17.8 Å². The van der Waals surface area contributed by atoms with Crippen molar-refractivity contribution in [3.8, 4) is 0 Å². The van der Waals surface area contributed by atoms with Crippen molar-refractivity contribution in [1.82, 2.24) is 9.97 Å². The normalized spacial score (nSPS) is 24.4. The highest BCUT2D eigenvalue weighted by Crippen LogP contribution is 2.26. The van der Waals surface area contributed by atoms with E-state index in [0.717, 1.165) is 12.6 Å². The molecule has 2 rings (SSSR count). The first kappa shape index (κ1) is 13.0. The van der Waals surface area contributed by atoms with Crippen molar-refractivity contribution in [2.24, 2.45) is 11.8 Å². The molecule has 1 aromatic heterocycles. The van der Waals surface area contributed by atoms with E-state index in [1.165, 1.54) is 25.7 Å². The lowest BCUT2D eigenvalue weighted by molar-refractivity contribution is 0.453. The highest BCUT2D eigenvalue weighted by Gasteiger charge is 2.21. The summed E-state index contributed by atoms with van der Waals surface area (Å²) in [5.74, 6) is 5.77. The average Bonchev–Trinajstić information content (AvgIpc) is 2.58. The van der Waals surface area contributed by atoms with Crippen molar-refractivity contribution in [1.29, 1.82) is 0 Å². The van der Waals surface area contributed by atoms with Gasteiger partial charge in [-0.3, -0.25) is 5.43 Å². The first-order valence-electron chi connectivity index (χ1n) is 6.46. The molecule has 1 fully saturated rings. The molecule has 100 valence electrons. The summed E-state index contributed by atoms with van der Waals surface area (Å²) in [6.07, 6.45) is 7.04. The standard InChI is InChI=1S/C12H20FN5/c1-8-5-3-2-4-6-10(8)16-11-9(13)7-15-12(17-11)18-14/h7-8,10H,2-6,14H2,1H3,(H2,15,16,17,18). The highest BCUT2D eigenvalue weighted by atomic mass is 19.1. The molecule has 1 aromatic rings. The van der Waals surface area contributed by atoms with Crippen molar-refractivity contribution < 1.29 is 4.39 Å². The van der Waals surface area contributed by atoms with Gasteiger partial charge in [0.2, 0.25) is 5.95 Å². The van der Waals surface area contributed by atoms with Crippen molar-refractivity contribution in [2.75, 3.05) is 10.7 Å². The number of hydrogen-bond donors (Lipinski definition) is 3. The topological polar surface area (TPSA) is 75.9 Å². The van der Waals surface area contributed by atoms with Gasteiger partial charge in [0.25, 0.3) is 0 Å². The molecule has 6 heteroatoms. The third-order valence-electron chi connectivity index (χ3n) is 3.56. The van der Waals surface area contributed by atoms with E-state index in [1.807, 2.05) is 0 Å². The molecule has 0 radical (unpaired) electrons. The third-order valence-corrected chi connectivity index (χ3v) is 3.56. The molecular formula is C12H20FN5. The Hall–Kier alpha value is -1.43. The summed E-state index contributed by atoms with van der Waals surface area (Å²) in [6.45, 7) is 2.20. The van der Waals surface area contributed by atoms with Crippen LogP contribution in [0.15, 0.2) is 6.20 Å². The van der Waals surface area contributed by atoms with Gasteiger partial charge < -0.3 is 5.32 Å². The van der Waals surface area contributed by atoms with Crippen LogP contribution in [-0.4, -0.2) is 16.0 Å². The summed E-state index contributed by atoms with van der Waals surface area (Å²) in [7, 11) is 0. The molecule has 18 heavy (non-hydrogen) atoms. The summed E-state index contributed by atoms with van der Waals surface area (Å²) in [5.41, 5.74) is 2.33. The molecule has 1 heterocycles. The predicted octanol–water partition coefficient (Wildman–Crippen LogP) is 2.28. The minimum absolute atomic E-state index is 0.222. The van der Waals surface area contributed by atoms with Crippen molar-refractivity contribution in [3.05, 3.63) is 12.0 Å². The van der Waals surface area contributed by atoms with Crippen LogP contribution < -0.4 is 16.6 Å². The van der Waals surface area contributed by atoms with E-state index in [2.05, 4.69) is 27.6 Å². The molecule has 0 amide bonds. The number of anilines is 2. The molecule has 2 unspecified atom stereocenters. The molecule has 4 N–H and O–H groups in total. The number of aromatic nitrogens is 2. The fourth-order valence-electron chi connectivity index (χ4n) is 2.42. The molecule has 1 aliphatic rings. The first-order chi connectivity index (χ1) is 8.70. The van der Waals surface area contributed by atoms with Crippen LogP contribution in [0.25, 0.3) is 0 Å².